The Kier molecular flexibility index (Phi) is 6.38. The molecular weight excluding hydrogens is 440 g/mol. The highest BCUT2D eigenvalue weighted by Gasteiger charge is 2.29. The number of hydrogen-bond donors (Lipinski definition) is 1. The van der Waals surface area contributed by atoms with Crippen molar-refractivity contribution >= 4 is 68.0 Å². The van der Waals surface area contributed by atoms with Gasteiger partial charge in [-0.3, -0.25) is 0 Å². The molecule has 2 aromatic rings. The average Bonchev–Trinajstić information content (AvgIpc) is 3.24. The monoisotopic (exact) mass is 456 g/mol. The molecule has 0 spiro atoms. The molecule has 1 fully saturated rings. The predicted octanol–water partition coefficient (Wildman–Crippen LogP) is 5.13. The van der Waals surface area contributed by atoms with Gasteiger partial charge in [-0.1, -0.05) is 0 Å². The highest BCUT2D eigenvalue weighted by atomic mass is 79.9. The summed E-state index contributed by atoms with van der Waals surface area (Å²) in [4.78, 5) is 15.2. The van der Waals surface area contributed by atoms with Gasteiger partial charge in [-0.25, -0.2) is 4.79 Å². The lowest BCUT2D eigenvalue weighted by Gasteiger charge is -2.26. The molecule has 1 N–H and O–H groups in total. The molecule has 0 amide bonds. The molecule has 0 unspecified atom stereocenters. The van der Waals surface area contributed by atoms with Crippen molar-refractivity contribution in [1.82, 2.24) is 4.90 Å². The summed E-state index contributed by atoms with van der Waals surface area (Å²) in [5.41, 5.74) is 1.40. The van der Waals surface area contributed by atoms with Gasteiger partial charge in [-0.2, -0.15) is 0 Å². The van der Waals surface area contributed by atoms with Crippen molar-refractivity contribution in [1.29, 1.82) is 0 Å². The van der Waals surface area contributed by atoms with Gasteiger partial charge in [0.2, 0.25) is 0 Å². The van der Waals surface area contributed by atoms with Crippen molar-refractivity contribution in [3.8, 4) is 0 Å². The van der Waals surface area contributed by atoms with Gasteiger partial charge in [-0.15, -0.1) is 23.1 Å². The smallest absolute Gasteiger partial charge is 0.338 e. The number of halogens is 1. The largest absolute Gasteiger partial charge is 0.462 e. The third kappa shape index (κ3) is 4.55. The lowest BCUT2D eigenvalue weighted by atomic mass is 10.2. The topological polar surface area (TPSA) is 41.6 Å². The molecule has 8 heteroatoms. The number of nitrogens with zero attached hydrogens (tertiary/aromatic N) is 1. The maximum atomic E-state index is 11.7. The first-order valence-electron chi connectivity index (χ1n) is 7.80. The summed E-state index contributed by atoms with van der Waals surface area (Å²) in [5.74, 6) is 0.736. The molecule has 0 aliphatic carbocycles. The number of benzene rings is 1. The van der Waals surface area contributed by atoms with Crippen LogP contribution in [0.1, 0.15) is 27.5 Å². The van der Waals surface area contributed by atoms with E-state index in [9.17, 15) is 4.79 Å². The fourth-order valence-corrected chi connectivity index (χ4v) is 5.78. The second kappa shape index (κ2) is 8.53. The molecule has 0 saturated carbocycles. The van der Waals surface area contributed by atoms with Crippen LogP contribution in [0.15, 0.2) is 40.2 Å². The summed E-state index contributed by atoms with van der Waals surface area (Å²) in [7, 11) is 0. The second-order valence-electron chi connectivity index (χ2n) is 5.29. The number of thioether (sulfide) groups is 1. The Balaban J connectivity index is 1.66. The summed E-state index contributed by atoms with van der Waals surface area (Å²) in [6.45, 7) is 3.08. The summed E-state index contributed by atoms with van der Waals surface area (Å²) in [6, 6.07) is 11.4. The Morgan fingerprint density at radius 2 is 2.12 bits per heavy atom. The van der Waals surface area contributed by atoms with Crippen LogP contribution in [0.3, 0.4) is 0 Å². The van der Waals surface area contributed by atoms with Gasteiger partial charge >= 0.3 is 5.97 Å². The molecule has 25 heavy (non-hydrogen) atoms. The highest BCUT2D eigenvalue weighted by molar-refractivity contribution is 9.11. The van der Waals surface area contributed by atoms with Gasteiger partial charge in [0.05, 0.1) is 16.0 Å². The van der Waals surface area contributed by atoms with Crippen molar-refractivity contribution in [2.75, 3.05) is 24.2 Å². The molecule has 2 heterocycles. The van der Waals surface area contributed by atoms with Crippen LogP contribution in [0.5, 0.6) is 0 Å². The van der Waals surface area contributed by atoms with E-state index in [0.717, 1.165) is 21.8 Å². The van der Waals surface area contributed by atoms with Crippen LogP contribution in [0, 0.1) is 0 Å². The number of hydrogen-bond acceptors (Lipinski definition) is 5. The lowest BCUT2D eigenvalue weighted by molar-refractivity contribution is 0.0526. The Morgan fingerprint density at radius 1 is 1.36 bits per heavy atom. The zero-order valence-electron chi connectivity index (χ0n) is 13.5. The third-order valence-corrected chi connectivity index (χ3v) is 7.04. The molecule has 1 aliphatic rings. The van der Waals surface area contributed by atoms with E-state index < -0.39 is 0 Å². The zero-order valence-corrected chi connectivity index (χ0v) is 17.6. The number of ether oxygens (including phenoxy) is 1. The minimum Gasteiger partial charge on any atom is -0.462 e. The van der Waals surface area contributed by atoms with Crippen molar-refractivity contribution in [3.05, 3.63) is 50.6 Å². The van der Waals surface area contributed by atoms with Gasteiger partial charge in [-0.05, 0) is 71.5 Å². The molecule has 1 aromatic carbocycles. The Morgan fingerprint density at radius 3 is 2.76 bits per heavy atom. The quantitative estimate of drug-likeness (QED) is 0.507. The number of thiophene rings is 1. The van der Waals surface area contributed by atoms with Crippen molar-refractivity contribution in [2.24, 2.45) is 0 Å². The van der Waals surface area contributed by atoms with Crippen LogP contribution in [0.2, 0.25) is 0 Å². The standard InChI is InChI=1S/C17H17BrN2O2S3/c1-2-22-16(21)11-3-5-12(6-4-11)19-17(23)20-9-10-24-15(20)13-7-8-14(18)25-13/h3-8,15H,2,9-10H2,1H3,(H,19,23)/t15-/m1/s1. The first-order chi connectivity index (χ1) is 12.1. The lowest BCUT2D eigenvalue weighted by Crippen LogP contribution is -2.33. The number of thiocarbonyl (C=S) groups is 1. The molecule has 1 aliphatic heterocycles. The maximum absolute atomic E-state index is 11.7. The van der Waals surface area contributed by atoms with Gasteiger partial charge in [0, 0.05) is 22.9 Å². The number of anilines is 1. The minimum absolute atomic E-state index is 0.245. The summed E-state index contributed by atoms with van der Waals surface area (Å²) in [6.07, 6.45) is 0. The van der Waals surface area contributed by atoms with Crippen molar-refractivity contribution in [3.63, 3.8) is 0 Å². The maximum Gasteiger partial charge on any atom is 0.338 e. The Hall–Kier alpha value is -1.09. The first kappa shape index (κ1) is 18.7. The van der Waals surface area contributed by atoms with E-state index >= 15 is 0 Å². The molecule has 132 valence electrons. The van der Waals surface area contributed by atoms with Gasteiger partial charge in [0.1, 0.15) is 5.37 Å². The number of esters is 1. The Labute approximate surface area is 169 Å². The van der Waals surface area contributed by atoms with Crippen molar-refractivity contribution in [2.45, 2.75) is 12.3 Å². The van der Waals surface area contributed by atoms with Crippen LogP contribution in [0.4, 0.5) is 5.69 Å². The first-order valence-corrected chi connectivity index (χ1v) is 10.9. The van der Waals surface area contributed by atoms with Crippen LogP contribution in [-0.2, 0) is 4.74 Å². The summed E-state index contributed by atoms with van der Waals surface area (Å²) < 4.78 is 6.12. The number of carbonyl (C=O) groups excluding carboxylic acids is 1. The second-order valence-corrected chi connectivity index (χ2v) is 9.36. The normalized spacial score (nSPS) is 16.7. The zero-order chi connectivity index (χ0) is 17.8. The molecule has 3 rings (SSSR count). The van der Waals surface area contributed by atoms with E-state index in [1.54, 1.807) is 30.4 Å². The number of rotatable bonds is 4. The average molecular weight is 457 g/mol. The van der Waals surface area contributed by atoms with Crippen LogP contribution in [-0.4, -0.2) is 34.9 Å². The predicted molar refractivity (Wildman–Crippen MR) is 113 cm³/mol. The molecule has 1 saturated heterocycles. The molecule has 1 aromatic heterocycles. The summed E-state index contributed by atoms with van der Waals surface area (Å²) in [5, 5.41) is 4.22. The van der Waals surface area contributed by atoms with Crippen molar-refractivity contribution < 1.29 is 9.53 Å². The van der Waals surface area contributed by atoms with Gasteiger partial charge in [0.15, 0.2) is 5.11 Å². The number of nitrogens with one attached hydrogen (secondary N) is 1. The van der Waals surface area contributed by atoms with E-state index in [1.165, 1.54) is 4.88 Å². The van der Waals surface area contributed by atoms with Gasteiger partial charge in [0.25, 0.3) is 0 Å². The third-order valence-electron chi connectivity index (χ3n) is 3.64. The van der Waals surface area contributed by atoms with Crippen LogP contribution in [0.25, 0.3) is 0 Å². The molecule has 0 radical (unpaired) electrons. The number of carbonyl (C=O) groups is 1. The fourth-order valence-electron chi connectivity index (χ4n) is 2.47. The highest BCUT2D eigenvalue weighted by Crippen LogP contribution is 2.42. The van der Waals surface area contributed by atoms with Crippen LogP contribution >= 0.6 is 51.2 Å². The molecule has 1 atom stereocenters. The molecular formula is C17H17BrN2O2S3. The van der Waals surface area contributed by atoms with E-state index in [2.05, 4.69) is 38.3 Å². The Bertz CT molecular complexity index is 764. The molecule has 4 nitrogen and oxygen atoms in total. The van der Waals surface area contributed by atoms with E-state index in [4.69, 9.17) is 17.0 Å². The van der Waals surface area contributed by atoms with Gasteiger partial charge < -0.3 is 15.0 Å². The summed E-state index contributed by atoms with van der Waals surface area (Å²) >= 11 is 12.8. The molecule has 0 bridgehead atoms. The van der Waals surface area contributed by atoms with E-state index in [-0.39, 0.29) is 11.3 Å². The van der Waals surface area contributed by atoms with E-state index in [1.807, 2.05) is 23.9 Å². The van der Waals surface area contributed by atoms with E-state index in [0.29, 0.717) is 17.3 Å². The SMILES string of the molecule is CCOC(=O)c1ccc(NC(=S)N2CCS[C@@H]2c2ccc(Br)s2)cc1. The minimum atomic E-state index is -0.309. The fraction of sp³-hybridized carbons (Fsp3) is 0.294. The van der Waals surface area contributed by atoms with Crippen LogP contribution < -0.4 is 5.32 Å².